The van der Waals surface area contributed by atoms with Crippen LogP contribution in [0.1, 0.15) is 39.5 Å². The fraction of sp³-hybridized carbons (Fsp3) is 0.833. The van der Waals surface area contributed by atoms with E-state index in [1.165, 1.54) is 0 Å². The van der Waals surface area contributed by atoms with Gasteiger partial charge in [0, 0.05) is 6.42 Å². The molecule has 92 valence electrons. The number of esters is 1. The number of aliphatic carboxylic acids is 1. The number of carboxylic acids is 1. The molecule has 4 heteroatoms. The van der Waals surface area contributed by atoms with Gasteiger partial charge in [-0.25, -0.2) is 0 Å². The number of hydrogen-bond donors (Lipinski definition) is 1. The van der Waals surface area contributed by atoms with Crippen molar-refractivity contribution < 1.29 is 19.4 Å². The second kappa shape index (κ2) is 5.87. The van der Waals surface area contributed by atoms with E-state index in [1.807, 2.05) is 6.92 Å². The summed E-state index contributed by atoms with van der Waals surface area (Å²) in [6, 6.07) is 0. The van der Waals surface area contributed by atoms with Crippen LogP contribution < -0.4 is 0 Å². The Balaban J connectivity index is 2.48. The van der Waals surface area contributed by atoms with Crippen molar-refractivity contribution in [3.8, 4) is 0 Å². The van der Waals surface area contributed by atoms with Crippen LogP contribution in [0.3, 0.4) is 0 Å². The van der Waals surface area contributed by atoms with Gasteiger partial charge in [-0.3, -0.25) is 9.59 Å². The maximum Gasteiger partial charge on any atom is 0.306 e. The minimum Gasteiger partial charge on any atom is -0.481 e. The van der Waals surface area contributed by atoms with Gasteiger partial charge in [-0.1, -0.05) is 13.3 Å². The van der Waals surface area contributed by atoms with Gasteiger partial charge in [0.1, 0.15) is 0 Å². The van der Waals surface area contributed by atoms with Crippen molar-refractivity contribution in [1.29, 1.82) is 0 Å². The van der Waals surface area contributed by atoms with E-state index in [9.17, 15) is 9.59 Å². The fourth-order valence-electron chi connectivity index (χ4n) is 2.62. The molecular weight excluding hydrogens is 208 g/mol. The first kappa shape index (κ1) is 13.0. The molecule has 0 spiro atoms. The van der Waals surface area contributed by atoms with Crippen LogP contribution in [0.5, 0.6) is 0 Å². The van der Waals surface area contributed by atoms with E-state index in [0.717, 1.165) is 12.8 Å². The number of carbonyl (C=O) groups is 2. The standard InChI is InChI=1S/C12H20O4/c1-3-9-5-8(6-10(9)12(14)15)7-11(13)16-4-2/h8-10H,3-7H2,1-2H3,(H,14,15). The van der Waals surface area contributed by atoms with E-state index in [2.05, 4.69) is 0 Å². The van der Waals surface area contributed by atoms with Crippen LogP contribution in [0, 0.1) is 17.8 Å². The number of carboxylic acid groups (broad SMARTS) is 1. The molecule has 4 nitrogen and oxygen atoms in total. The first-order chi connectivity index (χ1) is 7.58. The Hall–Kier alpha value is -1.06. The lowest BCUT2D eigenvalue weighted by atomic mass is 9.94. The summed E-state index contributed by atoms with van der Waals surface area (Å²) in [4.78, 5) is 22.3. The Morgan fingerprint density at radius 1 is 1.31 bits per heavy atom. The van der Waals surface area contributed by atoms with Crippen LogP contribution in [0.25, 0.3) is 0 Å². The highest BCUT2D eigenvalue weighted by Crippen LogP contribution is 2.40. The van der Waals surface area contributed by atoms with Crippen molar-refractivity contribution in [1.82, 2.24) is 0 Å². The maximum atomic E-state index is 11.3. The predicted octanol–water partition coefficient (Wildman–Crippen LogP) is 2.08. The molecule has 0 aromatic rings. The van der Waals surface area contributed by atoms with Crippen molar-refractivity contribution in [3.05, 3.63) is 0 Å². The van der Waals surface area contributed by atoms with Crippen LogP contribution in [0.15, 0.2) is 0 Å². The van der Waals surface area contributed by atoms with Crippen molar-refractivity contribution in [2.75, 3.05) is 6.61 Å². The average Bonchev–Trinajstić information content (AvgIpc) is 2.61. The Morgan fingerprint density at radius 2 is 2.00 bits per heavy atom. The molecule has 16 heavy (non-hydrogen) atoms. The summed E-state index contributed by atoms with van der Waals surface area (Å²) in [5, 5.41) is 9.05. The molecule has 1 fully saturated rings. The van der Waals surface area contributed by atoms with Crippen LogP contribution in [-0.2, 0) is 14.3 Å². The largest absolute Gasteiger partial charge is 0.481 e. The van der Waals surface area contributed by atoms with E-state index in [1.54, 1.807) is 6.92 Å². The lowest BCUT2D eigenvalue weighted by Gasteiger charge is -2.11. The van der Waals surface area contributed by atoms with E-state index in [0.29, 0.717) is 19.4 Å². The van der Waals surface area contributed by atoms with Gasteiger partial charge in [0.25, 0.3) is 0 Å². The summed E-state index contributed by atoms with van der Waals surface area (Å²) in [7, 11) is 0. The number of hydrogen-bond acceptors (Lipinski definition) is 3. The molecule has 0 aliphatic heterocycles. The molecule has 1 aliphatic carbocycles. The van der Waals surface area contributed by atoms with E-state index in [4.69, 9.17) is 9.84 Å². The summed E-state index contributed by atoms with van der Waals surface area (Å²) in [6.45, 7) is 4.18. The van der Waals surface area contributed by atoms with Gasteiger partial charge in [-0.2, -0.15) is 0 Å². The average molecular weight is 228 g/mol. The molecule has 0 aromatic heterocycles. The van der Waals surface area contributed by atoms with Crippen LogP contribution >= 0.6 is 0 Å². The van der Waals surface area contributed by atoms with Gasteiger partial charge >= 0.3 is 11.9 Å². The van der Waals surface area contributed by atoms with Gasteiger partial charge in [0.2, 0.25) is 0 Å². The molecule has 1 N–H and O–H groups in total. The highest BCUT2D eigenvalue weighted by molar-refractivity contribution is 5.72. The van der Waals surface area contributed by atoms with Gasteiger partial charge in [-0.05, 0) is 31.6 Å². The summed E-state index contributed by atoms with van der Waals surface area (Å²) in [5.41, 5.74) is 0. The first-order valence-electron chi connectivity index (χ1n) is 5.96. The minimum atomic E-state index is -0.724. The van der Waals surface area contributed by atoms with Crippen LogP contribution in [0.4, 0.5) is 0 Å². The number of ether oxygens (including phenoxy) is 1. The van der Waals surface area contributed by atoms with E-state index >= 15 is 0 Å². The zero-order chi connectivity index (χ0) is 12.1. The molecule has 1 rings (SSSR count). The fourth-order valence-corrected chi connectivity index (χ4v) is 2.62. The highest BCUT2D eigenvalue weighted by atomic mass is 16.5. The number of carbonyl (C=O) groups excluding carboxylic acids is 1. The molecule has 0 heterocycles. The first-order valence-corrected chi connectivity index (χ1v) is 5.96. The SMILES string of the molecule is CCOC(=O)CC1CC(CC)C(C(=O)O)C1. The molecule has 0 aromatic carbocycles. The number of rotatable bonds is 5. The van der Waals surface area contributed by atoms with Gasteiger partial charge in [0.15, 0.2) is 0 Å². The summed E-state index contributed by atoms with van der Waals surface area (Å²) < 4.78 is 4.88. The second-order valence-electron chi connectivity index (χ2n) is 4.46. The van der Waals surface area contributed by atoms with Gasteiger partial charge in [-0.15, -0.1) is 0 Å². The van der Waals surface area contributed by atoms with Crippen molar-refractivity contribution >= 4 is 11.9 Å². The van der Waals surface area contributed by atoms with Crippen molar-refractivity contribution in [2.45, 2.75) is 39.5 Å². The summed E-state index contributed by atoms with van der Waals surface area (Å²) >= 11 is 0. The maximum absolute atomic E-state index is 11.3. The summed E-state index contributed by atoms with van der Waals surface area (Å²) in [5.74, 6) is -0.793. The Bertz CT molecular complexity index is 262. The molecule has 3 atom stereocenters. The Morgan fingerprint density at radius 3 is 2.44 bits per heavy atom. The Kier molecular flexibility index (Phi) is 4.77. The highest BCUT2D eigenvalue weighted by Gasteiger charge is 2.38. The topological polar surface area (TPSA) is 63.6 Å². The molecule has 0 amide bonds. The third-order valence-electron chi connectivity index (χ3n) is 3.39. The monoisotopic (exact) mass is 228 g/mol. The second-order valence-corrected chi connectivity index (χ2v) is 4.46. The minimum absolute atomic E-state index is 0.185. The van der Waals surface area contributed by atoms with Crippen LogP contribution in [-0.4, -0.2) is 23.7 Å². The normalized spacial score (nSPS) is 29.0. The molecule has 0 saturated heterocycles. The predicted molar refractivity (Wildman–Crippen MR) is 58.9 cm³/mol. The van der Waals surface area contributed by atoms with Gasteiger partial charge < -0.3 is 9.84 Å². The Labute approximate surface area is 96.0 Å². The molecule has 0 radical (unpaired) electrons. The zero-order valence-electron chi connectivity index (χ0n) is 9.94. The molecular formula is C12H20O4. The third-order valence-corrected chi connectivity index (χ3v) is 3.39. The molecule has 3 unspecified atom stereocenters. The summed E-state index contributed by atoms with van der Waals surface area (Å²) in [6.07, 6.45) is 2.70. The lowest BCUT2D eigenvalue weighted by molar-refractivity contribution is -0.145. The van der Waals surface area contributed by atoms with E-state index in [-0.39, 0.29) is 23.7 Å². The van der Waals surface area contributed by atoms with Crippen LogP contribution in [0.2, 0.25) is 0 Å². The zero-order valence-corrected chi connectivity index (χ0v) is 9.94. The molecule has 1 saturated carbocycles. The molecule has 0 bridgehead atoms. The van der Waals surface area contributed by atoms with Crippen molar-refractivity contribution in [2.24, 2.45) is 17.8 Å². The third kappa shape index (κ3) is 3.22. The van der Waals surface area contributed by atoms with E-state index < -0.39 is 5.97 Å². The van der Waals surface area contributed by atoms with Crippen molar-refractivity contribution in [3.63, 3.8) is 0 Å². The quantitative estimate of drug-likeness (QED) is 0.732. The van der Waals surface area contributed by atoms with Gasteiger partial charge in [0.05, 0.1) is 12.5 Å². The molecule has 1 aliphatic rings. The smallest absolute Gasteiger partial charge is 0.306 e. The lowest BCUT2D eigenvalue weighted by Crippen LogP contribution is -2.17.